The summed E-state index contributed by atoms with van der Waals surface area (Å²) < 4.78 is 0. The molecule has 7 nitrogen and oxygen atoms in total. The molecule has 0 radical (unpaired) electrons. The fourth-order valence-electron chi connectivity index (χ4n) is 4.08. The molecular weight excluding hydrogens is 364 g/mol. The Labute approximate surface area is 162 Å². The van der Waals surface area contributed by atoms with Crippen LogP contribution in [0.2, 0.25) is 0 Å². The number of benzene rings is 2. The highest BCUT2D eigenvalue weighted by molar-refractivity contribution is 6.08. The quantitative estimate of drug-likeness (QED) is 0.469. The molecule has 3 atom stereocenters. The summed E-state index contributed by atoms with van der Waals surface area (Å²) in [5.74, 6) is -3.36. The maximum Gasteiger partial charge on any atom is 0.377 e. The van der Waals surface area contributed by atoms with Crippen LogP contribution in [0, 0.1) is 11.8 Å². The van der Waals surface area contributed by atoms with Gasteiger partial charge in [-0.15, -0.1) is 0 Å². The molecule has 7 heteroatoms. The fraction of sp³-hybridized carbons (Fsp3) is 0.429. The molecule has 1 aliphatic carbocycles. The number of Topliss-reactive ketones (excluding diaryl/α,β-unsaturated/α-hetero) is 1. The maximum absolute atomic E-state index is 13.0. The second-order valence-corrected chi connectivity index (χ2v) is 7.92. The number of phenolic OH excluding ortho intramolecular Hbond substituents is 1. The highest BCUT2D eigenvalue weighted by atomic mass is 17.1. The van der Waals surface area contributed by atoms with Crippen molar-refractivity contribution in [2.75, 3.05) is 0 Å². The van der Waals surface area contributed by atoms with Crippen molar-refractivity contribution >= 4 is 22.5 Å². The molecule has 28 heavy (non-hydrogen) atoms. The van der Waals surface area contributed by atoms with Crippen LogP contribution in [0.25, 0.3) is 10.8 Å². The summed E-state index contributed by atoms with van der Waals surface area (Å²) in [6.07, 6.45) is 0.372. The molecule has 2 aromatic rings. The van der Waals surface area contributed by atoms with E-state index in [2.05, 4.69) is 4.89 Å². The van der Waals surface area contributed by atoms with Gasteiger partial charge in [0.15, 0.2) is 5.78 Å². The third-order valence-corrected chi connectivity index (χ3v) is 5.83. The van der Waals surface area contributed by atoms with Crippen LogP contribution in [-0.2, 0) is 15.3 Å². The highest BCUT2D eigenvalue weighted by Gasteiger charge is 2.65. The largest absolute Gasteiger partial charge is 0.507 e. The Bertz CT molecular complexity index is 951. The Kier molecular flexibility index (Phi) is 4.95. The van der Waals surface area contributed by atoms with E-state index in [-0.39, 0.29) is 29.2 Å². The van der Waals surface area contributed by atoms with Gasteiger partial charge in [0.25, 0.3) is 0 Å². The minimum Gasteiger partial charge on any atom is -0.507 e. The molecule has 0 unspecified atom stereocenters. The zero-order valence-corrected chi connectivity index (χ0v) is 16.0. The van der Waals surface area contributed by atoms with Gasteiger partial charge in [-0.1, -0.05) is 32.9 Å². The van der Waals surface area contributed by atoms with Crippen molar-refractivity contribution in [1.29, 1.82) is 0 Å². The number of phenols is 1. The van der Waals surface area contributed by atoms with Gasteiger partial charge in [0.2, 0.25) is 5.60 Å². The summed E-state index contributed by atoms with van der Waals surface area (Å²) in [7, 11) is 0. The monoisotopic (exact) mass is 388 g/mol. The molecule has 2 aromatic carbocycles. The Balaban J connectivity index is 2.36. The zero-order chi connectivity index (χ0) is 20.9. The molecule has 0 bridgehead atoms. The number of hydrogen-bond acceptors (Lipinski definition) is 7. The fourth-order valence-corrected chi connectivity index (χ4v) is 4.08. The topological polar surface area (TPSA) is 124 Å². The van der Waals surface area contributed by atoms with E-state index in [4.69, 9.17) is 5.26 Å². The number of ketones is 1. The van der Waals surface area contributed by atoms with Crippen molar-refractivity contribution in [3.8, 4) is 5.75 Å². The first-order valence-electron chi connectivity index (χ1n) is 9.19. The Morgan fingerprint density at radius 3 is 2.54 bits per heavy atom. The summed E-state index contributed by atoms with van der Waals surface area (Å²) in [5.41, 5.74) is -4.69. The van der Waals surface area contributed by atoms with Crippen LogP contribution < -0.4 is 0 Å². The number of aromatic hydroxyl groups is 1. The van der Waals surface area contributed by atoms with E-state index in [0.717, 1.165) is 0 Å². The van der Waals surface area contributed by atoms with Gasteiger partial charge in [-0.3, -0.25) is 9.68 Å². The van der Waals surface area contributed by atoms with E-state index < -0.39 is 28.9 Å². The van der Waals surface area contributed by atoms with Crippen LogP contribution in [0.3, 0.4) is 0 Å². The van der Waals surface area contributed by atoms with E-state index in [1.807, 2.05) is 13.8 Å². The minimum atomic E-state index is -2.68. The molecule has 0 spiro atoms. The molecule has 0 saturated heterocycles. The van der Waals surface area contributed by atoms with Gasteiger partial charge >= 0.3 is 5.97 Å². The molecule has 0 fully saturated rings. The molecule has 1 aliphatic rings. The lowest BCUT2D eigenvalue weighted by Gasteiger charge is -2.48. The van der Waals surface area contributed by atoms with Gasteiger partial charge in [-0.05, 0) is 47.9 Å². The first-order valence-corrected chi connectivity index (χ1v) is 9.19. The number of hydrogen-bond donors (Lipinski definition) is 4. The van der Waals surface area contributed by atoms with E-state index in [0.29, 0.717) is 17.2 Å². The third-order valence-electron chi connectivity index (χ3n) is 5.83. The van der Waals surface area contributed by atoms with E-state index >= 15 is 0 Å². The summed E-state index contributed by atoms with van der Waals surface area (Å²) in [5, 5.41) is 43.0. The molecular formula is C21H24O7. The van der Waals surface area contributed by atoms with E-state index in [1.165, 1.54) is 25.1 Å². The summed E-state index contributed by atoms with van der Waals surface area (Å²) >= 11 is 0. The predicted molar refractivity (Wildman–Crippen MR) is 101 cm³/mol. The summed E-state index contributed by atoms with van der Waals surface area (Å²) in [6.45, 7) is 5.14. The summed E-state index contributed by atoms with van der Waals surface area (Å²) in [6, 6.07) is 7.75. The van der Waals surface area contributed by atoms with Gasteiger partial charge in [-0.25, -0.2) is 4.79 Å². The van der Waals surface area contributed by atoms with Crippen molar-refractivity contribution in [3.63, 3.8) is 0 Å². The normalized spacial score (nSPS) is 27.1. The average molecular weight is 388 g/mol. The van der Waals surface area contributed by atoms with Crippen LogP contribution in [0.4, 0.5) is 0 Å². The number of fused-ring (bicyclic) bond motifs is 2. The molecule has 0 heterocycles. The molecule has 0 aromatic heterocycles. The second kappa shape index (κ2) is 6.84. The van der Waals surface area contributed by atoms with Crippen LogP contribution in [0.1, 0.15) is 49.5 Å². The van der Waals surface area contributed by atoms with Crippen molar-refractivity contribution < 1.29 is 35.1 Å². The van der Waals surface area contributed by atoms with Crippen molar-refractivity contribution in [2.45, 2.75) is 44.8 Å². The molecule has 150 valence electrons. The number of aliphatic hydroxyl groups is 2. The number of carbonyl (C=O) groups is 2. The molecule has 3 rings (SSSR count). The Hall–Kier alpha value is -2.48. The molecule has 0 saturated carbocycles. The maximum atomic E-state index is 13.0. The van der Waals surface area contributed by atoms with Gasteiger partial charge in [-0.2, -0.15) is 5.26 Å². The van der Waals surface area contributed by atoms with E-state index in [1.54, 1.807) is 12.1 Å². The highest BCUT2D eigenvalue weighted by Crippen LogP contribution is 2.50. The Morgan fingerprint density at radius 2 is 1.93 bits per heavy atom. The van der Waals surface area contributed by atoms with Gasteiger partial charge in [0.05, 0.1) is 5.92 Å². The Morgan fingerprint density at radius 1 is 1.25 bits per heavy atom. The first kappa shape index (κ1) is 20.3. The SMILES string of the molecule is CC(C)CC[C@@]1(O)c2cc3c(O)cccc3cc2C(=O)[C@H](C)[C@]1(O)C(=O)OO. The second-order valence-electron chi connectivity index (χ2n) is 7.92. The summed E-state index contributed by atoms with van der Waals surface area (Å²) in [4.78, 5) is 29.1. The van der Waals surface area contributed by atoms with Crippen LogP contribution in [-0.4, -0.2) is 37.9 Å². The van der Waals surface area contributed by atoms with E-state index in [9.17, 15) is 24.9 Å². The third kappa shape index (κ3) is 2.70. The van der Waals surface area contributed by atoms with Gasteiger partial charge < -0.3 is 15.3 Å². The van der Waals surface area contributed by atoms with Crippen LogP contribution in [0.5, 0.6) is 5.75 Å². The predicted octanol–water partition coefficient (Wildman–Crippen LogP) is 2.75. The molecule has 0 aliphatic heterocycles. The molecule has 4 N–H and O–H groups in total. The lowest BCUT2D eigenvalue weighted by Crippen LogP contribution is -2.66. The number of carbonyl (C=O) groups excluding carboxylic acids is 2. The van der Waals surface area contributed by atoms with Crippen LogP contribution in [0.15, 0.2) is 30.3 Å². The first-order chi connectivity index (χ1) is 13.1. The average Bonchev–Trinajstić information content (AvgIpc) is 2.68. The standard InChI is InChI=1S/C21H24O7/c1-11(2)7-8-20(25)16-10-14-13(5-4-6-17(14)22)9-15(16)18(23)12(3)21(20,26)19(24)28-27/h4-6,9-12,22,25-27H,7-8H2,1-3H3/t12-,20+,21-/m0/s1. The smallest absolute Gasteiger partial charge is 0.377 e. The van der Waals surface area contributed by atoms with Crippen molar-refractivity contribution in [1.82, 2.24) is 0 Å². The zero-order valence-electron chi connectivity index (χ0n) is 16.0. The molecule has 0 amide bonds. The van der Waals surface area contributed by atoms with Gasteiger partial charge in [0.1, 0.15) is 11.4 Å². The van der Waals surface area contributed by atoms with Crippen molar-refractivity contribution in [3.05, 3.63) is 41.5 Å². The van der Waals surface area contributed by atoms with Gasteiger partial charge in [0, 0.05) is 10.9 Å². The van der Waals surface area contributed by atoms with Crippen LogP contribution >= 0.6 is 0 Å². The minimum absolute atomic E-state index is 0.0261. The lowest BCUT2D eigenvalue weighted by atomic mass is 9.60. The number of rotatable bonds is 4. The lowest BCUT2D eigenvalue weighted by molar-refractivity contribution is -0.276. The van der Waals surface area contributed by atoms with Crippen molar-refractivity contribution in [2.24, 2.45) is 11.8 Å².